The van der Waals surface area contributed by atoms with Crippen molar-refractivity contribution in [3.63, 3.8) is 0 Å². The molecule has 0 spiro atoms. The van der Waals surface area contributed by atoms with Gasteiger partial charge in [0.2, 0.25) is 0 Å². The highest BCUT2D eigenvalue weighted by molar-refractivity contribution is 5.82. The van der Waals surface area contributed by atoms with E-state index in [4.69, 9.17) is 5.73 Å². The topological polar surface area (TPSA) is 79.8 Å². The van der Waals surface area contributed by atoms with Crippen LogP contribution in [0.2, 0.25) is 0 Å². The largest absolute Gasteiger partial charge is 0.513 e. The summed E-state index contributed by atoms with van der Waals surface area (Å²) >= 11 is 0. The van der Waals surface area contributed by atoms with Crippen LogP contribution < -0.4 is 10.6 Å². The van der Waals surface area contributed by atoms with E-state index < -0.39 is 5.82 Å². The Morgan fingerprint density at radius 3 is 2.44 bits per heavy atom. The number of allylic oxidation sites excluding steroid dienone is 5. The molecule has 0 bridgehead atoms. The molecule has 0 saturated carbocycles. The number of nitrogens with two attached hydrogens (primary N) is 1. The van der Waals surface area contributed by atoms with Gasteiger partial charge in [0.25, 0.3) is 0 Å². The monoisotopic (exact) mass is 555 g/mol. The Hall–Kier alpha value is -4.28. The van der Waals surface area contributed by atoms with Crippen molar-refractivity contribution in [2.24, 2.45) is 5.73 Å². The van der Waals surface area contributed by atoms with Crippen molar-refractivity contribution < 1.29 is 9.50 Å². The van der Waals surface area contributed by atoms with Crippen LogP contribution in [0.3, 0.4) is 0 Å². The molecule has 2 aromatic rings. The first kappa shape index (κ1) is 31.3. The lowest BCUT2D eigenvalue weighted by atomic mass is 10.0. The summed E-state index contributed by atoms with van der Waals surface area (Å²) in [6, 6.07) is 14.8. The zero-order chi connectivity index (χ0) is 29.9. The third-order valence-electron chi connectivity index (χ3n) is 7.08. The van der Waals surface area contributed by atoms with Crippen molar-refractivity contribution >= 4 is 17.0 Å². The first-order chi connectivity index (χ1) is 19.7. The molecule has 7 heteroatoms. The van der Waals surface area contributed by atoms with Gasteiger partial charge in [0.1, 0.15) is 18.1 Å². The average Bonchev–Trinajstić information content (AvgIpc) is 2.97. The lowest BCUT2D eigenvalue weighted by Crippen LogP contribution is -2.42. The first-order valence-corrected chi connectivity index (χ1v) is 14.0. The highest BCUT2D eigenvalue weighted by atomic mass is 19.1. The molecule has 1 aliphatic heterocycles. The van der Waals surface area contributed by atoms with E-state index in [9.17, 15) is 14.8 Å². The number of benzene rings is 2. The minimum absolute atomic E-state index is 0.00930. The maximum atomic E-state index is 14.8. The molecule has 0 radical (unpaired) electrons. The number of hydrogen-bond donors (Lipinski definition) is 2. The smallest absolute Gasteiger partial charge is 0.141 e. The third-order valence-corrected chi connectivity index (χ3v) is 7.08. The second-order valence-corrected chi connectivity index (χ2v) is 10.4. The van der Waals surface area contributed by atoms with Gasteiger partial charge in [0, 0.05) is 63.4 Å². The average molecular weight is 556 g/mol. The fourth-order valence-corrected chi connectivity index (χ4v) is 4.91. The first-order valence-electron chi connectivity index (χ1n) is 14.0. The summed E-state index contributed by atoms with van der Waals surface area (Å²) in [5.74, 6) is -0.581. The molecule has 216 valence electrons. The fourth-order valence-electron chi connectivity index (χ4n) is 4.91. The van der Waals surface area contributed by atoms with Gasteiger partial charge in [0.05, 0.1) is 11.3 Å². The van der Waals surface area contributed by atoms with E-state index in [1.54, 1.807) is 6.07 Å². The van der Waals surface area contributed by atoms with Crippen LogP contribution >= 0.6 is 0 Å². The van der Waals surface area contributed by atoms with Gasteiger partial charge in [-0.3, -0.25) is 0 Å². The summed E-state index contributed by atoms with van der Waals surface area (Å²) in [6.07, 6.45) is 14.2. The molecule has 3 N–H and O–H groups in total. The van der Waals surface area contributed by atoms with Gasteiger partial charge in [-0.25, -0.2) is 4.39 Å². The maximum absolute atomic E-state index is 14.8. The highest BCUT2D eigenvalue weighted by Gasteiger charge is 2.22. The zero-order valence-corrected chi connectivity index (χ0v) is 24.8. The second-order valence-electron chi connectivity index (χ2n) is 10.4. The predicted octanol–water partition coefficient (Wildman–Crippen LogP) is 6.81. The van der Waals surface area contributed by atoms with Gasteiger partial charge in [-0.05, 0) is 73.2 Å². The van der Waals surface area contributed by atoms with Gasteiger partial charge in [-0.15, -0.1) is 0 Å². The molecule has 1 fully saturated rings. The number of halogens is 1. The Kier molecular flexibility index (Phi) is 11.4. The van der Waals surface area contributed by atoms with Crippen molar-refractivity contribution in [2.45, 2.75) is 39.2 Å². The summed E-state index contributed by atoms with van der Waals surface area (Å²) in [5.41, 5.74) is 12.1. The number of piperidine rings is 1. The molecule has 1 heterocycles. The molecule has 1 aliphatic rings. The van der Waals surface area contributed by atoms with E-state index in [2.05, 4.69) is 42.3 Å². The Labute approximate surface area is 244 Å². The molecular weight excluding hydrogens is 513 g/mol. The molecule has 1 atom stereocenters. The third kappa shape index (κ3) is 8.12. The molecule has 41 heavy (non-hydrogen) atoms. The minimum Gasteiger partial charge on any atom is -0.513 e. The number of rotatable bonds is 10. The maximum Gasteiger partial charge on any atom is 0.141 e. The van der Waals surface area contributed by atoms with Crippen molar-refractivity contribution in [1.82, 2.24) is 9.80 Å². The van der Waals surface area contributed by atoms with Gasteiger partial charge in [0.15, 0.2) is 0 Å². The van der Waals surface area contributed by atoms with Gasteiger partial charge < -0.3 is 25.5 Å². The van der Waals surface area contributed by atoms with E-state index in [0.717, 1.165) is 54.5 Å². The summed E-state index contributed by atoms with van der Waals surface area (Å²) < 4.78 is 14.8. The predicted molar refractivity (Wildman–Crippen MR) is 168 cm³/mol. The Bertz CT molecular complexity index is 1380. The number of likely N-dealkylation sites (tertiary alicyclic amines) is 1. The van der Waals surface area contributed by atoms with E-state index in [1.165, 1.54) is 12.1 Å². The Morgan fingerprint density at radius 1 is 1.17 bits per heavy atom. The van der Waals surface area contributed by atoms with Crippen LogP contribution in [-0.4, -0.2) is 55.2 Å². The van der Waals surface area contributed by atoms with E-state index >= 15 is 0 Å². The van der Waals surface area contributed by atoms with Crippen LogP contribution in [0.4, 0.5) is 10.1 Å². The molecule has 0 amide bonds. The molecule has 2 aromatic carbocycles. The van der Waals surface area contributed by atoms with Crippen LogP contribution in [0, 0.1) is 17.1 Å². The number of aliphatic hydroxyl groups is 1. The van der Waals surface area contributed by atoms with Crippen molar-refractivity contribution in [3.05, 3.63) is 113 Å². The molecular formula is C34H42FN5O. The van der Waals surface area contributed by atoms with Crippen molar-refractivity contribution in [2.75, 3.05) is 39.1 Å². The van der Waals surface area contributed by atoms with Crippen molar-refractivity contribution in [3.8, 4) is 6.07 Å². The van der Waals surface area contributed by atoms with Crippen molar-refractivity contribution in [1.29, 1.82) is 5.26 Å². The molecule has 0 aromatic heterocycles. The Morgan fingerprint density at radius 2 is 1.88 bits per heavy atom. The Balaban J connectivity index is 2.08. The van der Waals surface area contributed by atoms with E-state index in [1.807, 2.05) is 68.2 Å². The number of anilines is 1. The molecule has 1 unspecified atom stereocenters. The fraction of sp³-hybridized carbons (Fsp3) is 0.324. The van der Waals surface area contributed by atoms with Gasteiger partial charge in [-0.1, -0.05) is 43.4 Å². The van der Waals surface area contributed by atoms with E-state index in [-0.39, 0.29) is 11.6 Å². The van der Waals surface area contributed by atoms with Crippen LogP contribution in [-0.2, 0) is 0 Å². The number of nitrogens with zero attached hydrogens (tertiary/aromatic N) is 4. The number of aliphatic hydroxyl groups excluding tert-OH is 1. The second kappa shape index (κ2) is 14.9. The molecule has 0 aliphatic carbocycles. The van der Waals surface area contributed by atoms with Crippen LogP contribution in [0.1, 0.15) is 49.8 Å². The molecule has 6 nitrogen and oxygen atoms in total. The van der Waals surface area contributed by atoms with Gasteiger partial charge in [-0.2, -0.15) is 5.26 Å². The standard InChI is InChI=1S/C34H42FN5O/c1-6-8-10-29(22-38(3)4)26-14-16-31(17-15-26)39(5)33(27-12-13-28(21-36)32(35)19-27)20-25(7-2)34(24-41)40-18-9-11-30(37)23-40/h7-8,10,12-17,19-20,22,24,30,41H,6,9,11,18,23,37H2,1-5H3/b10-8+,25-7+,29-22+,33-20-,34-24?. The van der Waals surface area contributed by atoms with E-state index in [0.29, 0.717) is 23.5 Å². The molecule has 3 rings (SSSR count). The molecule has 1 saturated heterocycles. The summed E-state index contributed by atoms with van der Waals surface area (Å²) in [4.78, 5) is 6.10. The quantitative estimate of drug-likeness (QED) is 0.248. The normalized spacial score (nSPS) is 17.1. The van der Waals surface area contributed by atoms with Crippen LogP contribution in [0.15, 0.2) is 90.5 Å². The summed E-state index contributed by atoms with van der Waals surface area (Å²) in [6.45, 7) is 5.45. The lowest BCUT2D eigenvalue weighted by molar-refractivity contribution is 0.256. The highest BCUT2D eigenvalue weighted by Crippen LogP contribution is 2.31. The van der Waals surface area contributed by atoms with Gasteiger partial charge >= 0.3 is 0 Å². The van der Waals surface area contributed by atoms with Crippen LogP contribution in [0.5, 0.6) is 0 Å². The number of nitriles is 1. The van der Waals surface area contributed by atoms with Crippen LogP contribution in [0.25, 0.3) is 11.3 Å². The summed E-state index contributed by atoms with van der Waals surface area (Å²) in [5, 5.41) is 19.6. The SMILES string of the molecule is C/C=C(\C=C(\c1ccc(C#N)c(F)c1)N(C)c1ccc(C(/C=C/CC)=C/N(C)C)cc1)C(=CO)N1CCCC(N)C1. The summed E-state index contributed by atoms with van der Waals surface area (Å²) in [7, 11) is 5.93. The number of hydrogen-bond acceptors (Lipinski definition) is 6. The lowest BCUT2D eigenvalue weighted by Gasteiger charge is -2.34. The zero-order valence-electron chi connectivity index (χ0n) is 24.8. The minimum atomic E-state index is -0.581.